The number of likely N-dealkylation sites (N-methyl/N-ethyl adjacent to an activating group) is 1. The Labute approximate surface area is 121 Å². The zero-order valence-corrected chi connectivity index (χ0v) is 12.6. The van der Waals surface area contributed by atoms with Crippen molar-refractivity contribution in [2.75, 3.05) is 25.1 Å². The van der Waals surface area contributed by atoms with E-state index in [2.05, 4.69) is 35.5 Å². The fraction of sp³-hybridized carbons (Fsp3) is 0.400. The molecule has 1 aromatic carbocycles. The monoisotopic (exact) mass is 291 g/mol. The van der Waals surface area contributed by atoms with Crippen molar-refractivity contribution in [3.05, 3.63) is 35.2 Å². The fourth-order valence-corrected chi connectivity index (χ4v) is 4.71. The minimum Gasteiger partial charge on any atom is -0.298 e. The number of hydrogen-bond acceptors (Lipinski definition) is 4. The van der Waals surface area contributed by atoms with Crippen LogP contribution in [0, 0.1) is 0 Å². The number of nitrogens with zero attached hydrogens (tertiary/aromatic N) is 1. The van der Waals surface area contributed by atoms with Crippen LogP contribution < -0.4 is 0 Å². The number of thiophene rings is 1. The van der Waals surface area contributed by atoms with Crippen molar-refractivity contribution in [2.24, 2.45) is 0 Å². The molecule has 1 atom stereocenters. The largest absolute Gasteiger partial charge is 0.298 e. The molecule has 1 aliphatic rings. The number of rotatable bonds is 3. The Morgan fingerprint density at radius 3 is 3.11 bits per heavy atom. The Morgan fingerprint density at radius 2 is 2.26 bits per heavy atom. The van der Waals surface area contributed by atoms with Gasteiger partial charge < -0.3 is 0 Å². The zero-order valence-electron chi connectivity index (χ0n) is 11.0. The highest BCUT2D eigenvalue weighted by Gasteiger charge is 2.26. The number of carbonyl (C=O) groups is 1. The number of thioether (sulfide) groups is 1. The predicted molar refractivity (Wildman–Crippen MR) is 84.3 cm³/mol. The molecule has 0 aliphatic carbocycles. The van der Waals surface area contributed by atoms with Gasteiger partial charge in [0.2, 0.25) is 0 Å². The van der Waals surface area contributed by atoms with Gasteiger partial charge in [-0.1, -0.05) is 18.2 Å². The Kier molecular flexibility index (Phi) is 3.91. The summed E-state index contributed by atoms with van der Waals surface area (Å²) in [4.78, 5) is 14.7. The van der Waals surface area contributed by atoms with E-state index < -0.39 is 0 Å². The third-order valence-electron chi connectivity index (χ3n) is 3.69. The van der Waals surface area contributed by atoms with Crippen molar-refractivity contribution in [3.63, 3.8) is 0 Å². The first-order chi connectivity index (χ1) is 9.25. The van der Waals surface area contributed by atoms with E-state index in [1.807, 2.05) is 17.8 Å². The molecule has 19 heavy (non-hydrogen) atoms. The predicted octanol–water partition coefficient (Wildman–Crippen LogP) is 3.06. The van der Waals surface area contributed by atoms with Gasteiger partial charge in [0.25, 0.3) is 0 Å². The first-order valence-electron chi connectivity index (χ1n) is 6.51. The summed E-state index contributed by atoms with van der Waals surface area (Å²) < 4.78 is 1.27. The summed E-state index contributed by atoms with van der Waals surface area (Å²) >= 11 is 3.62. The molecule has 3 rings (SSSR count). The molecule has 1 unspecified atom stereocenters. The van der Waals surface area contributed by atoms with E-state index >= 15 is 0 Å². The van der Waals surface area contributed by atoms with Crippen LogP contribution in [0.15, 0.2) is 29.6 Å². The van der Waals surface area contributed by atoms with Gasteiger partial charge >= 0.3 is 0 Å². The maximum Gasteiger partial charge on any atom is 0.155 e. The Balaban J connectivity index is 1.79. The molecule has 0 N–H and O–H groups in total. The molecule has 0 saturated carbocycles. The average molecular weight is 291 g/mol. The van der Waals surface area contributed by atoms with Crippen LogP contribution in [-0.4, -0.2) is 41.8 Å². The van der Waals surface area contributed by atoms with Crippen LogP contribution >= 0.6 is 23.1 Å². The van der Waals surface area contributed by atoms with Gasteiger partial charge in [-0.3, -0.25) is 9.69 Å². The van der Waals surface area contributed by atoms with Gasteiger partial charge in [0.15, 0.2) is 5.78 Å². The standard InChI is InChI=1S/C15H17NOS2/c1-16-6-7-18-10-13(16)14(17)8-11-9-19-15-5-3-2-4-12(11)15/h2-5,9,13H,6-8,10H2,1H3. The lowest BCUT2D eigenvalue weighted by Crippen LogP contribution is -2.45. The highest BCUT2D eigenvalue weighted by Crippen LogP contribution is 2.27. The van der Waals surface area contributed by atoms with Gasteiger partial charge in [0, 0.05) is 29.2 Å². The molecule has 0 spiro atoms. The van der Waals surface area contributed by atoms with Crippen molar-refractivity contribution in [3.8, 4) is 0 Å². The molecule has 0 amide bonds. The third kappa shape index (κ3) is 2.71. The van der Waals surface area contributed by atoms with Crippen LogP contribution in [0.5, 0.6) is 0 Å². The molecule has 1 aliphatic heterocycles. The van der Waals surface area contributed by atoms with Gasteiger partial charge in [-0.25, -0.2) is 0 Å². The second-order valence-corrected chi connectivity index (χ2v) is 7.03. The van der Waals surface area contributed by atoms with Crippen LogP contribution in [0.3, 0.4) is 0 Å². The number of fused-ring (bicyclic) bond motifs is 1. The quantitative estimate of drug-likeness (QED) is 0.867. The summed E-state index contributed by atoms with van der Waals surface area (Å²) in [5, 5.41) is 3.38. The van der Waals surface area contributed by atoms with Gasteiger partial charge in [-0.2, -0.15) is 11.8 Å². The second kappa shape index (κ2) is 5.65. The first-order valence-corrected chi connectivity index (χ1v) is 8.55. The molecular weight excluding hydrogens is 274 g/mol. The average Bonchev–Trinajstić information content (AvgIpc) is 2.83. The van der Waals surface area contributed by atoms with Gasteiger partial charge in [-0.05, 0) is 29.4 Å². The van der Waals surface area contributed by atoms with Crippen LogP contribution in [0.1, 0.15) is 5.56 Å². The van der Waals surface area contributed by atoms with Gasteiger partial charge in [0.1, 0.15) is 0 Å². The molecule has 1 saturated heterocycles. The Bertz CT molecular complexity index is 593. The SMILES string of the molecule is CN1CCSCC1C(=O)Cc1csc2ccccc12. The van der Waals surface area contributed by atoms with E-state index in [1.54, 1.807) is 11.3 Å². The number of Topliss-reactive ketones (excluding diaryl/α,β-unsaturated/α-hetero) is 1. The summed E-state index contributed by atoms with van der Waals surface area (Å²) in [7, 11) is 2.06. The molecule has 2 aromatic rings. The molecule has 100 valence electrons. The van der Waals surface area contributed by atoms with Crippen molar-refractivity contribution < 1.29 is 4.79 Å². The lowest BCUT2D eigenvalue weighted by atomic mass is 10.0. The normalized spacial score (nSPS) is 20.8. The molecular formula is C15H17NOS2. The van der Waals surface area contributed by atoms with E-state index in [9.17, 15) is 4.79 Å². The summed E-state index contributed by atoms with van der Waals surface area (Å²) in [6.45, 7) is 1.02. The van der Waals surface area contributed by atoms with Crippen molar-refractivity contribution in [1.29, 1.82) is 0 Å². The van der Waals surface area contributed by atoms with Crippen molar-refractivity contribution >= 4 is 39.0 Å². The van der Waals surface area contributed by atoms with E-state index in [-0.39, 0.29) is 6.04 Å². The topological polar surface area (TPSA) is 20.3 Å². The lowest BCUT2D eigenvalue weighted by Gasteiger charge is -2.30. The molecule has 2 nitrogen and oxygen atoms in total. The number of carbonyl (C=O) groups excluding carboxylic acids is 1. The number of benzene rings is 1. The number of ketones is 1. The highest BCUT2D eigenvalue weighted by atomic mass is 32.2. The fourth-order valence-electron chi connectivity index (χ4n) is 2.50. The van der Waals surface area contributed by atoms with Crippen LogP contribution in [0.2, 0.25) is 0 Å². The van der Waals surface area contributed by atoms with Crippen molar-refractivity contribution in [2.45, 2.75) is 12.5 Å². The summed E-state index contributed by atoms with van der Waals surface area (Å²) in [6, 6.07) is 8.43. The van der Waals surface area contributed by atoms with E-state index in [1.165, 1.54) is 15.6 Å². The van der Waals surface area contributed by atoms with Crippen molar-refractivity contribution in [1.82, 2.24) is 4.90 Å². The summed E-state index contributed by atoms with van der Waals surface area (Å²) in [5.74, 6) is 2.44. The van der Waals surface area contributed by atoms with Crippen LogP contribution in [0.4, 0.5) is 0 Å². The minimum absolute atomic E-state index is 0.0948. The van der Waals surface area contributed by atoms with E-state index in [4.69, 9.17) is 0 Å². The molecule has 2 heterocycles. The maximum absolute atomic E-state index is 12.5. The smallest absolute Gasteiger partial charge is 0.155 e. The maximum atomic E-state index is 12.5. The minimum atomic E-state index is 0.0948. The Hall–Kier alpha value is -0.840. The zero-order chi connectivity index (χ0) is 13.2. The van der Waals surface area contributed by atoms with Crippen LogP contribution in [-0.2, 0) is 11.2 Å². The second-order valence-electron chi connectivity index (χ2n) is 4.97. The molecule has 1 fully saturated rings. The molecule has 1 aromatic heterocycles. The van der Waals surface area contributed by atoms with Gasteiger partial charge in [-0.15, -0.1) is 11.3 Å². The van der Waals surface area contributed by atoms with Crippen LogP contribution in [0.25, 0.3) is 10.1 Å². The van der Waals surface area contributed by atoms with E-state index in [0.717, 1.165) is 18.1 Å². The summed E-state index contributed by atoms with van der Waals surface area (Å²) in [6.07, 6.45) is 0.569. The third-order valence-corrected chi connectivity index (χ3v) is 5.73. The molecule has 0 bridgehead atoms. The first kappa shape index (κ1) is 13.2. The highest BCUT2D eigenvalue weighted by molar-refractivity contribution is 7.99. The lowest BCUT2D eigenvalue weighted by molar-refractivity contribution is -0.122. The van der Waals surface area contributed by atoms with Gasteiger partial charge in [0.05, 0.1) is 6.04 Å². The number of hydrogen-bond donors (Lipinski definition) is 0. The Morgan fingerprint density at radius 1 is 1.42 bits per heavy atom. The molecule has 4 heteroatoms. The summed E-state index contributed by atoms with van der Waals surface area (Å²) in [5.41, 5.74) is 1.19. The van der Waals surface area contributed by atoms with E-state index in [0.29, 0.717) is 12.2 Å². The molecule has 0 radical (unpaired) electrons.